The molecule has 0 radical (unpaired) electrons. The summed E-state index contributed by atoms with van der Waals surface area (Å²) in [5.41, 5.74) is -0.415. The van der Waals surface area contributed by atoms with Crippen molar-refractivity contribution in [3.63, 3.8) is 0 Å². The summed E-state index contributed by atoms with van der Waals surface area (Å²) in [6, 6.07) is 1.90. The van der Waals surface area contributed by atoms with Gasteiger partial charge in [0.2, 0.25) is 5.91 Å². The van der Waals surface area contributed by atoms with Gasteiger partial charge in [0.05, 0.1) is 6.54 Å². The second kappa shape index (κ2) is 8.31. The highest BCUT2D eigenvalue weighted by Crippen LogP contribution is 2.21. The average Bonchev–Trinajstić information content (AvgIpc) is 2.95. The van der Waals surface area contributed by atoms with E-state index in [1.54, 1.807) is 18.3 Å². The largest absolute Gasteiger partial charge is 0.384 e. The van der Waals surface area contributed by atoms with Gasteiger partial charge in [0.25, 0.3) is 0 Å². The number of nitrogens with zero attached hydrogens (tertiary/aromatic N) is 1. The van der Waals surface area contributed by atoms with Gasteiger partial charge in [-0.25, -0.2) is 4.99 Å². The molecule has 6 nitrogen and oxygen atoms in total. The SMILES string of the molecule is CCNC(=NCC(=O)NC(C)(C)C)NCC(C)(O)c1ccsc1. The number of carbonyl (C=O) groups excluding carboxylic acids is 1. The second-order valence-electron chi connectivity index (χ2n) is 6.63. The van der Waals surface area contributed by atoms with Crippen LogP contribution in [-0.2, 0) is 10.4 Å². The maximum Gasteiger partial charge on any atom is 0.242 e. The number of hydrogen-bond donors (Lipinski definition) is 4. The van der Waals surface area contributed by atoms with Gasteiger partial charge >= 0.3 is 0 Å². The molecule has 0 spiro atoms. The zero-order chi connectivity index (χ0) is 17.5. The molecular formula is C16H28N4O2S. The van der Waals surface area contributed by atoms with Crippen molar-refractivity contribution in [2.24, 2.45) is 4.99 Å². The Hall–Kier alpha value is -1.60. The maximum absolute atomic E-state index is 11.8. The van der Waals surface area contributed by atoms with E-state index in [0.717, 1.165) is 5.56 Å². The Morgan fingerprint density at radius 2 is 2.00 bits per heavy atom. The molecule has 0 bridgehead atoms. The van der Waals surface area contributed by atoms with Crippen molar-refractivity contribution in [2.75, 3.05) is 19.6 Å². The second-order valence-corrected chi connectivity index (χ2v) is 7.41. The van der Waals surface area contributed by atoms with Crippen LogP contribution in [0.15, 0.2) is 21.8 Å². The minimum Gasteiger partial charge on any atom is -0.384 e. The summed E-state index contributed by atoms with van der Waals surface area (Å²) in [4.78, 5) is 16.1. The van der Waals surface area contributed by atoms with E-state index < -0.39 is 5.60 Å². The van der Waals surface area contributed by atoms with E-state index in [1.807, 2.05) is 44.5 Å². The van der Waals surface area contributed by atoms with Crippen LogP contribution in [0.25, 0.3) is 0 Å². The third-order valence-electron chi connectivity index (χ3n) is 2.98. The molecule has 130 valence electrons. The summed E-state index contributed by atoms with van der Waals surface area (Å²) in [7, 11) is 0. The minimum absolute atomic E-state index is 0.0349. The standard InChI is InChI=1S/C16H28N4O2S/c1-6-17-14(18-9-13(21)20-15(2,3)4)19-11-16(5,22)12-7-8-23-10-12/h7-8,10,22H,6,9,11H2,1-5H3,(H,20,21)(H2,17,18,19). The van der Waals surface area contributed by atoms with Gasteiger partial charge in [-0.3, -0.25) is 4.79 Å². The number of thiophene rings is 1. The summed E-state index contributed by atoms with van der Waals surface area (Å²) < 4.78 is 0. The highest BCUT2D eigenvalue weighted by Gasteiger charge is 2.23. The molecule has 1 aromatic rings. The van der Waals surface area contributed by atoms with E-state index in [4.69, 9.17) is 0 Å². The van der Waals surface area contributed by atoms with Gasteiger partial charge < -0.3 is 21.1 Å². The number of aliphatic imine (C=N–C) groups is 1. The molecule has 0 saturated heterocycles. The van der Waals surface area contributed by atoms with Crippen molar-refractivity contribution in [1.29, 1.82) is 0 Å². The van der Waals surface area contributed by atoms with Crippen molar-refractivity contribution in [2.45, 2.75) is 45.8 Å². The van der Waals surface area contributed by atoms with Crippen LogP contribution >= 0.6 is 11.3 Å². The van der Waals surface area contributed by atoms with Crippen molar-refractivity contribution in [3.8, 4) is 0 Å². The number of nitrogens with one attached hydrogen (secondary N) is 3. The first-order valence-electron chi connectivity index (χ1n) is 7.72. The van der Waals surface area contributed by atoms with Crippen LogP contribution in [0.1, 0.15) is 40.2 Å². The molecule has 1 atom stereocenters. The van der Waals surface area contributed by atoms with E-state index in [9.17, 15) is 9.90 Å². The molecule has 0 aromatic carbocycles. The van der Waals surface area contributed by atoms with Crippen LogP contribution < -0.4 is 16.0 Å². The molecule has 7 heteroatoms. The first-order chi connectivity index (χ1) is 10.6. The third kappa shape index (κ3) is 7.47. The van der Waals surface area contributed by atoms with Gasteiger partial charge in [-0.1, -0.05) is 0 Å². The summed E-state index contributed by atoms with van der Waals surface area (Å²) in [5.74, 6) is 0.367. The maximum atomic E-state index is 11.8. The lowest BCUT2D eigenvalue weighted by Crippen LogP contribution is -2.46. The molecule has 4 N–H and O–H groups in total. The van der Waals surface area contributed by atoms with E-state index in [-0.39, 0.29) is 18.0 Å². The lowest BCUT2D eigenvalue weighted by molar-refractivity contribution is -0.121. The number of amides is 1. The van der Waals surface area contributed by atoms with Crippen LogP contribution in [0, 0.1) is 0 Å². The average molecular weight is 340 g/mol. The lowest BCUT2D eigenvalue weighted by Gasteiger charge is -2.24. The van der Waals surface area contributed by atoms with Gasteiger partial charge in [0, 0.05) is 12.1 Å². The fourth-order valence-corrected chi connectivity index (χ4v) is 2.66. The minimum atomic E-state index is -0.996. The number of aliphatic hydroxyl groups is 1. The van der Waals surface area contributed by atoms with Crippen LogP contribution in [0.2, 0.25) is 0 Å². The normalized spacial score (nSPS) is 15.0. The van der Waals surface area contributed by atoms with Crippen LogP contribution in [0.3, 0.4) is 0 Å². The Bertz CT molecular complexity index is 519. The highest BCUT2D eigenvalue weighted by molar-refractivity contribution is 7.08. The van der Waals surface area contributed by atoms with Crippen LogP contribution in [0.5, 0.6) is 0 Å². The molecule has 1 heterocycles. The third-order valence-corrected chi connectivity index (χ3v) is 3.67. The lowest BCUT2D eigenvalue weighted by atomic mass is 9.99. The predicted octanol–water partition coefficient (Wildman–Crippen LogP) is 1.43. The molecule has 1 unspecified atom stereocenters. The number of hydrogen-bond acceptors (Lipinski definition) is 4. The van der Waals surface area contributed by atoms with E-state index in [1.165, 1.54) is 0 Å². The van der Waals surface area contributed by atoms with Gasteiger partial charge in [-0.05, 0) is 57.0 Å². The fraction of sp³-hybridized carbons (Fsp3) is 0.625. The summed E-state index contributed by atoms with van der Waals surface area (Å²) in [6.45, 7) is 10.5. The highest BCUT2D eigenvalue weighted by atomic mass is 32.1. The van der Waals surface area contributed by atoms with E-state index in [0.29, 0.717) is 19.0 Å². The first kappa shape index (κ1) is 19.4. The van der Waals surface area contributed by atoms with Gasteiger partial charge in [-0.2, -0.15) is 11.3 Å². The van der Waals surface area contributed by atoms with E-state index >= 15 is 0 Å². The van der Waals surface area contributed by atoms with Gasteiger partial charge in [0.15, 0.2) is 5.96 Å². The molecule has 0 aliphatic heterocycles. The van der Waals surface area contributed by atoms with Crippen LogP contribution in [0.4, 0.5) is 0 Å². The zero-order valence-corrected chi connectivity index (χ0v) is 15.4. The van der Waals surface area contributed by atoms with Crippen molar-refractivity contribution >= 4 is 23.2 Å². The smallest absolute Gasteiger partial charge is 0.242 e. The topological polar surface area (TPSA) is 85.8 Å². The van der Waals surface area contributed by atoms with Gasteiger partial charge in [-0.15, -0.1) is 0 Å². The number of carbonyl (C=O) groups is 1. The molecule has 0 fully saturated rings. The number of guanidine groups is 1. The molecular weight excluding hydrogens is 312 g/mol. The Labute approximate surface area is 142 Å². The quantitative estimate of drug-likeness (QED) is 0.466. The summed E-state index contributed by atoms with van der Waals surface area (Å²) in [6.07, 6.45) is 0. The molecule has 0 aliphatic rings. The molecule has 23 heavy (non-hydrogen) atoms. The van der Waals surface area contributed by atoms with Crippen molar-refractivity contribution < 1.29 is 9.90 Å². The van der Waals surface area contributed by atoms with E-state index in [2.05, 4.69) is 20.9 Å². The fourth-order valence-electron chi connectivity index (χ4n) is 1.88. The Morgan fingerprint density at radius 3 is 2.52 bits per heavy atom. The Kier molecular flexibility index (Phi) is 7.02. The Morgan fingerprint density at radius 1 is 1.30 bits per heavy atom. The Balaban J connectivity index is 2.61. The summed E-state index contributed by atoms with van der Waals surface area (Å²) in [5, 5.41) is 23.4. The molecule has 0 aliphatic carbocycles. The van der Waals surface area contributed by atoms with Crippen molar-refractivity contribution in [3.05, 3.63) is 22.4 Å². The van der Waals surface area contributed by atoms with Gasteiger partial charge in [0.1, 0.15) is 12.1 Å². The molecule has 1 aromatic heterocycles. The molecule has 1 rings (SSSR count). The predicted molar refractivity (Wildman–Crippen MR) is 95.8 cm³/mol. The van der Waals surface area contributed by atoms with Crippen molar-refractivity contribution in [1.82, 2.24) is 16.0 Å². The number of rotatable bonds is 6. The molecule has 1 amide bonds. The summed E-state index contributed by atoms with van der Waals surface area (Å²) >= 11 is 1.54. The zero-order valence-electron chi connectivity index (χ0n) is 14.6. The molecule has 0 saturated carbocycles. The first-order valence-corrected chi connectivity index (χ1v) is 8.66. The monoisotopic (exact) mass is 340 g/mol. The van der Waals surface area contributed by atoms with Crippen LogP contribution in [-0.4, -0.2) is 42.1 Å².